The fourth-order valence-electron chi connectivity index (χ4n) is 6.21. The van der Waals surface area contributed by atoms with Gasteiger partial charge in [-0.25, -0.2) is 22.2 Å². The molecule has 0 aliphatic heterocycles. The number of Topliss-reactive ketones (excluding diaryl/α,β-unsaturated/α-hetero) is 1. The van der Waals surface area contributed by atoms with Crippen molar-refractivity contribution in [1.29, 1.82) is 0 Å². The van der Waals surface area contributed by atoms with Gasteiger partial charge in [0, 0.05) is 12.7 Å². The molecule has 36 heavy (non-hydrogen) atoms. The average Bonchev–Trinajstić information content (AvgIpc) is 3.19. The second-order valence-corrected chi connectivity index (χ2v) is 12.7. The molecule has 1 fully saturated rings. The fourth-order valence-corrected chi connectivity index (χ4v) is 6.88. The standard InChI is InChI=1S/C27H27F2N3O3S/c1-26(2)17-12-13-27(26,23-11-5-9-20(30-23)22(33)10-6-14-36(3,34)35)25-16(17)15-21(31-32-25)24-18(28)7-4-8-19(24)29/h4-5,7-9,11,15,17H,6,10,12-14H2,1-3H3/t17-,27-/m0/s1. The van der Waals surface area contributed by atoms with Crippen molar-refractivity contribution in [2.24, 2.45) is 5.41 Å². The van der Waals surface area contributed by atoms with Crippen LogP contribution in [0.25, 0.3) is 11.3 Å². The van der Waals surface area contributed by atoms with Gasteiger partial charge in [0.05, 0.1) is 33.8 Å². The topological polar surface area (TPSA) is 89.9 Å². The lowest BCUT2D eigenvalue weighted by Gasteiger charge is -2.37. The van der Waals surface area contributed by atoms with Gasteiger partial charge in [-0.2, -0.15) is 5.10 Å². The number of halogens is 2. The van der Waals surface area contributed by atoms with Gasteiger partial charge in [-0.3, -0.25) is 4.79 Å². The Hall–Kier alpha value is -3.07. The molecule has 5 rings (SSSR count). The minimum absolute atomic E-state index is 0.0506. The van der Waals surface area contributed by atoms with Gasteiger partial charge in [0.2, 0.25) is 0 Å². The quantitative estimate of drug-likeness (QED) is 0.414. The molecule has 1 saturated carbocycles. The molecule has 2 aliphatic rings. The Bertz CT molecular complexity index is 1470. The highest BCUT2D eigenvalue weighted by Crippen LogP contribution is 2.69. The monoisotopic (exact) mass is 511 g/mol. The minimum Gasteiger partial charge on any atom is -0.292 e. The maximum absolute atomic E-state index is 14.5. The molecule has 2 heterocycles. The Morgan fingerprint density at radius 2 is 1.78 bits per heavy atom. The van der Waals surface area contributed by atoms with E-state index in [0.29, 0.717) is 11.4 Å². The van der Waals surface area contributed by atoms with Gasteiger partial charge in [-0.1, -0.05) is 26.0 Å². The summed E-state index contributed by atoms with van der Waals surface area (Å²) in [5.41, 5.74) is 1.69. The predicted molar refractivity (Wildman–Crippen MR) is 131 cm³/mol. The molecular weight excluding hydrogens is 484 g/mol. The van der Waals surface area contributed by atoms with E-state index in [-0.39, 0.29) is 47.0 Å². The molecule has 9 heteroatoms. The van der Waals surface area contributed by atoms with E-state index in [2.05, 4.69) is 24.0 Å². The largest absolute Gasteiger partial charge is 0.292 e. The maximum Gasteiger partial charge on any atom is 0.181 e. The van der Waals surface area contributed by atoms with Gasteiger partial charge in [-0.15, -0.1) is 5.10 Å². The normalized spacial score (nSPS) is 22.0. The number of benzene rings is 1. The SMILES string of the molecule is CC1(C)[C@H]2CC[C@]1(c1cccc(C(=O)CCCS(C)(=O)=O)n1)c1nnc(-c3c(F)cccc3F)cc12. The molecule has 3 aromatic rings. The van der Waals surface area contributed by atoms with Gasteiger partial charge < -0.3 is 0 Å². The number of fused-ring (bicyclic) bond motifs is 5. The van der Waals surface area contributed by atoms with E-state index in [4.69, 9.17) is 4.98 Å². The number of rotatable bonds is 7. The summed E-state index contributed by atoms with van der Waals surface area (Å²) >= 11 is 0. The molecule has 2 aromatic heterocycles. The first-order chi connectivity index (χ1) is 17.0. The van der Waals surface area contributed by atoms with Crippen molar-refractivity contribution < 1.29 is 22.0 Å². The van der Waals surface area contributed by atoms with Crippen LogP contribution < -0.4 is 0 Å². The number of nitrogens with zero attached hydrogens (tertiary/aromatic N) is 3. The molecule has 6 nitrogen and oxygen atoms in total. The molecule has 188 valence electrons. The van der Waals surface area contributed by atoms with Crippen LogP contribution in [0.5, 0.6) is 0 Å². The predicted octanol–water partition coefficient (Wildman–Crippen LogP) is 5.03. The van der Waals surface area contributed by atoms with Gasteiger partial charge in [0.15, 0.2) is 5.78 Å². The van der Waals surface area contributed by atoms with Crippen molar-refractivity contribution in [2.45, 2.75) is 50.9 Å². The Balaban J connectivity index is 1.55. The third kappa shape index (κ3) is 3.75. The highest BCUT2D eigenvalue weighted by atomic mass is 32.2. The van der Waals surface area contributed by atoms with Gasteiger partial charge >= 0.3 is 0 Å². The number of ketones is 1. The number of carbonyl (C=O) groups is 1. The van der Waals surface area contributed by atoms with Crippen LogP contribution in [0, 0.1) is 17.0 Å². The second kappa shape index (κ2) is 8.50. The lowest BCUT2D eigenvalue weighted by Crippen LogP contribution is -2.38. The van der Waals surface area contributed by atoms with Crippen LogP contribution in [0.2, 0.25) is 0 Å². The van der Waals surface area contributed by atoms with Crippen LogP contribution >= 0.6 is 0 Å². The third-order valence-corrected chi connectivity index (χ3v) is 9.02. The summed E-state index contributed by atoms with van der Waals surface area (Å²) in [5, 5.41) is 8.76. The number of sulfone groups is 1. The number of pyridine rings is 1. The zero-order valence-corrected chi connectivity index (χ0v) is 21.2. The van der Waals surface area contributed by atoms with E-state index in [1.54, 1.807) is 18.2 Å². The molecule has 1 aromatic carbocycles. The van der Waals surface area contributed by atoms with Crippen molar-refractivity contribution in [1.82, 2.24) is 15.2 Å². The summed E-state index contributed by atoms with van der Waals surface area (Å²) < 4.78 is 51.8. The molecule has 0 saturated heterocycles. The summed E-state index contributed by atoms with van der Waals surface area (Å²) in [6, 6.07) is 10.8. The lowest BCUT2D eigenvalue weighted by molar-refractivity contribution is 0.0976. The first-order valence-electron chi connectivity index (χ1n) is 12.0. The van der Waals surface area contributed by atoms with Crippen molar-refractivity contribution in [3.63, 3.8) is 0 Å². The summed E-state index contributed by atoms with van der Waals surface area (Å²) in [4.78, 5) is 17.6. The summed E-state index contributed by atoms with van der Waals surface area (Å²) in [5.74, 6) is -1.55. The highest BCUT2D eigenvalue weighted by Gasteiger charge is 2.65. The minimum atomic E-state index is -3.14. The fraction of sp³-hybridized carbons (Fsp3) is 0.407. The lowest BCUT2D eigenvalue weighted by atomic mass is 9.66. The smallest absolute Gasteiger partial charge is 0.181 e. The van der Waals surface area contributed by atoms with E-state index in [9.17, 15) is 22.0 Å². The summed E-state index contributed by atoms with van der Waals surface area (Å²) in [6.45, 7) is 4.27. The van der Waals surface area contributed by atoms with E-state index in [1.807, 2.05) is 6.07 Å². The number of hydrogen-bond donors (Lipinski definition) is 0. The highest BCUT2D eigenvalue weighted by molar-refractivity contribution is 7.90. The van der Waals surface area contributed by atoms with Crippen LogP contribution in [0.15, 0.2) is 42.5 Å². The maximum atomic E-state index is 14.5. The molecule has 2 atom stereocenters. The Morgan fingerprint density at radius 1 is 1.08 bits per heavy atom. The molecular formula is C27H27F2N3O3S. The summed E-state index contributed by atoms with van der Waals surface area (Å²) in [6.07, 6.45) is 3.10. The first kappa shape index (κ1) is 24.6. The number of aromatic nitrogens is 3. The number of carbonyl (C=O) groups excluding carboxylic acids is 1. The van der Waals surface area contributed by atoms with E-state index >= 15 is 0 Å². The Kier molecular flexibility index (Phi) is 5.82. The molecule has 0 spiro atoms. The zero-order chi connectivity index (χ0) is 25.9. The van der Waals surface area contributed by atoms with Crippen LogP contribution in [0.1, 0.15) is 72.9 Å². The van der Waals surface area contributed by atoms with E-state index in [0.717, 1.165) is 30.4 Å². The average molecular weight is 512 g/mol. The zero-order valence-electron chi connectivity index (χ0n) is 20.4. The third-order valence-electron chi connectivity index (χ3n) is 7.99. The first-order valence-corrected chi connectivity index (χ1v) is 14.0. The van der Waals surface area contributed by atoms with Crippen LogP contribution in [0.3, 0.4) is 0 Å². The molecule has 0 radical (unpaired) electrons. The number of hydrogen-bond acceptors (Lipinski definition) is 6. The Labute approximate surface area is 209 Å². The van der Waals surface area contributed by atoms with Gasteiger partial charge in [0.25, 0.3) is 0 Å². The van der Waals surface area contributed by atoms with Crippen molar-refractivity contribution in [3.8, 4) is 11.3 Å². The molecule has 2 aliphatic carbocycles. The van der Waals surface area contributed by atoms with Crippen molar-refractivity contribution in [3.05, 3.63) is 76.7 Å². The van der Waals surface area contributed by atoms with Crippen LogP contribution in [-0.2, 0) is 15.3 Å². The van der Waals surface area contributed by atoms with Crippen LogP contribution in [-0.4, -0.2) is 41.4 Å². The second-order valence-electron chi connectivity index (χ2n) is 10.4. The van der Waals surface area contributed by atoms with Crippen molar-refractivity contribution >= 4 is 15.6 Å². The van der Waals surface area contributed by atoms with Crippen LogP contribution in [0.4, 0.5) is 8.78 Å². The molecule has 0 unspecified atom stereocenters. The van der Waals surface area contributed by atoms with Gasteiger partial charge in [-0.05, 0) is 66.5 Å². The van der Waals surface area contributed by atoms with E-state index < -0.39 is 26.9 Å². The van der Waals surface area contributed by atoms with Crippen molar-refractivity contribution in [2.75, 3.05) is 12.0 Å². The molecule has 0 amide bonds. The van der Waals surface area contributed by atoms with E-state index in [1.165, 1.54) is 18.2 Å². The van der Waals surface area contributed by atoms with Gasteiger partial charge in [0.1, 0.15) is 27.2 Å². The Morgan fingerprint density at radius 3 is 2.47 bits per heavy atom. The molecule has 0 N–H and O–H groups in total. The summed E-state index contributed by atoms with van der Waals surface area (Å²) in [7, 11) is -3.14. The molecule has 2 bridgehead atoms.